The molecular formula is C15H13F3N4O2. The van der Waals surface area contributed by atoms with E-state index in [-0.39, 0.29) is 0 Å². The lowest BCUT2D eigenvalue weighted by Gasteiger charge is -2.08. The molecular weight excluding hydrogens is 325 g/mol. The molecule has 0 bridgehead atoms. The highest BCUT2D eigenvalue weighted by Crippen LogP contribution is 2.30. The summed E-state index contributed by atoms with van der Waals surface area (Å²) < 4.78 is 49.3. The lowest BCUT2D eigenvalue weighted by molar-refractivity contribution is -0.137. The van der Waals surface area contributed by atoms with Crippen molar-refractivity contribution in [2.75, 3.05) is 13.7 Å². The van der Waals surface area contributed by atoms with E-state index in [1.54, 1.807) is 13.2 Å². The predicted octanol–water partition coefficient (Wildman–Crippen LogP) is 3.13. The molecule has 0 aliphatic heterocycles. The van der Waals surface area contributed by atoms with Crippen LogP contribution in [-0.4, -0.2) is 33.6 Å². The summed E-state index contributed by atoms with van der Waals surface area (Å²) in [7, 11) is 1.56. The van der Waals surface area contributed by atoms with Gasteiger partial charge in [0.15, 0.2) is 17.3 Å². The average Bonchev–Trinajstić information content (AvgIpc) is 3.21. The van der Waals surface area contributed by atoms with Crippen molar-refractivity contribution in [3.8, 4) is 17.2 Å². The smallest absolute Gasteiger partial charge is 0.384 e. The van der Waals surface area contributed by atoms with Crippen LogP contribution in [0.2, 0.25) is 0 Å². The second kappa shape index (κ2) is 6.44. The first-order valence-electron chi connectivity index (χ1n) is 7.02. The van der Waals surface area contributed by atoms with Gasteiger partial charge in [-0.3, -0.25) is 0 Å². The topological polar surface area (TPSA) is 66.0 Å². The van der Waals surface area contributed by atoms with E-state index in [0.717, 1.165) is 12.1 Å². The molecule has 0 fully saturated rings. The summed E-state index contributed by atoms with van der Waals surface area (Å²) in [6.07, 6.45) is -2.54. The quantitative estimate of drug-likeness (QED) is 0.715. The van der Waals surface area contributed by atoms with Crippen molar-refractivity contribution in [3.05, 3.63) is 48.0 Å². The Labute approximate surface area is 134 Å². The van der Waals surface area contributed by atoms with E-state index >= 15 is 0 Å². The normalized spacial score (nSPS) is 11.8. The molecule has 2 heterocycles. The fourth-order valence-electron chi connectivity index (χ4n) is 2.12. The van der Waals surface area contributed by atoms with Crippen molar-refractivity contribution < 1.29 is 22.4 Å². The summed E-state index contributed by atoms with van der Waals surface area (Å²) >= 11 is 0. The van der Waals surface area contributed by atoms with E-state index in [1.165, 1.54) is 23.1 Å². The molecule has 0 N–H and O–H groups in total. The minimum absolute atomic E-state index is 0.384. The Balaban J connectivity index is 2.01. The van der Waals surface area contributed by atoms with Gasteiger partial charge < -0.3 is 9.26 Å². The SMILES string of the molecule is COCCc1nc(-c2ccon2)n(-c2ccc(C(F)(F)F)cc2)n1. The number of alkyl halides is 3. The maximum absolute atomic E-state index is 12.7. The van der Waals surface area contributed by atoms with Gasteiger partial charge in [-0.1, -0.05) is 5.16 Å². The molecule has 6 nitrogen and oxygen atoms in total. The van der Waals surface area contributed by atoms with Crippen LogP contribution in [0.4, 0.5) is 13.2 Å². The Bertz CT molecular complexity index is 795. The van der Waals surface area contributed by atoms with Crippen molar-refractivity contribution in [3.63, 3.8) is 0 Å². The van der Waals surface area contributed by atoms with Crippen LogP contribution in [0.5, 0.6) is 0 Å². The summed E-state index contributed by atoms with van der Waals surface area (Å²) in [5, 5.41) is 8.14. The molecule has 2 aromatic heterocycles. The molecule has 0 aliphatic rings. The van der Waals surface area contributed by atoms with Gasteiger partial charge in [-0.05, 0) is 24.3 Å². The number of rotatable bonds is 5. The highest BCUT2D eigenvalue weighted by molar-refractivity contribution is 5.52. The van der Waals surface area contributed by atoms with Crippen LogP contribution >= 0.6 is 0 Å². The molecule has 0 atom stereocenters. The number of nitrogens with zero attached hydrogens (tertiary/aromatic N) is 4. The molecule has 0 unspecified atom stereocenters. The molecule has 0 radical (unpaired) electrons. The van der Waals surface area contributed by atoms with Gasteiger partial charge in [-0.15, -0.1) is 0 Å². The van der Waals surface area contributed by atoms with Crippen molar-refractivity contribution in [2.45, 2.75) is 12.6 Å². The number of halogens is 3. The second-order valence-corrected chi connectivity index (χ2v) is 4.94. The van der Waals surface area contributed by atoms with Gasteiger partial charge in [0.1, 0.15) is 6.26 Å². The van der Waals surface area contributed by atoms with E-state index in [1.807, 2.05) is 0 Å². The van der Waals surface area contributed by atoms with E-state index < -0.39 is 11.7 Å². The van der Waals surface area contributed by atoms with Crippen LogP contribution in [0.25, 0.3) is 17.2 Å². The summed E-state index contributed by atoms with van der Waals surface area (Å²) in [5.41, 5.74) is 0.150. The van der Waals surface area contributed by atoms with E-state index in [9.17, 15) is 13.2 Å². The van der Waals surface area contributed by atoms with Crippen LogP contribution in [0.3, 0.4) is 0 Å². The van der Waals surface area contributed by atoms with E-state index in [0.29, 0.717) is 36.1 Å². The summed E-state index contributed by atoms with van der Waals surface area (Å²) in [6, 6.07) is 6.27. The van der Waals surface area contributed by atoms with Gasteiger partial charge in [-0.2, -0.15) is 18.3 Å². The summed E-state index contributed by atoms with van der Waals surface area (Å²) in [5.74, 6) is 0.879. The molecule has 9 heteroatoms. The monoisotopic (exact) mass is 338 g/mol. The van der Waals surface area contributed by atoms with Crippen LogP contribution in [-0.2, 0) is 17.3 Å². The fraction of sp³-hybridized carbons (Fsp3) is 0.267. The fourth-order valence-corrected chi connectivity index (χ4v) is 2.12. The highest BCUT2D eigenvalue weighted by Gasteiger charge is 2.30. The van der Waals surface area contributed by atoms with Crippen LogP contribution in [0, 0.1) is 0 Å². The molecule has 0 aliphatic carbocycles. The maximum atomic E-state index is 12.7. The lowest BCUT2D eigenvalue weighted by atomic mass is 10.2. The summed E-state index contributed by atoms with van der Waals surface area (Å²) in [6.45, 7) is 0.426. The molecule has 3 rings (SSSR count). The zero-order valence-electron chi connectivity index (χ0n) is 12.6. The third-order valence-corrected chi connectivity index (χ3v) is 3.29. The lowest BCUT2D eigenvalue weighted by Crippen LogP contribution is -2.06. The van der Waals surface area contributed by atoms with Crippen LogP contribution in [0.1, 0.15) is 11.4 Å². The highest BCUT2D eigenvalue weighted by atomic mass is 19.4. The third kappa shape index (κ3) is 3.30. The molecule has 0 amide bonds. The minimum Gasteiger partial charge on any atom is -0.384 e. The second-order valence-electron chi connectivity index (χ2n) is 4.94. The Morgan fingerprint density at radius 1 is 1.17 bits per heavy atom. The number of methoxy groups -OCH3 is 1. The van der Waals surface area contributed by atoms with Crippen LogP contribution < -0.4 is 0 Å². The first-order chi connectivity index (χ1) is 11.5. The number of ether oxygens (including phenoxy) is 1. The van der Waals surface area contributed by atoms with Crippen molar-refractivity contribution >= 4 is 0 Å². The summed E-state index contributed by atoms with van der Waals surface area (Å²) in [4.78, 5) is 4.36. The zero-order valence-corrected chi connectivity index (χ0v) is 12.6. The zero-order chi connectivity index (χ0) is 17.2. The average molecular weight is 338 g/mol. The number of aromatic nitrogens is 4. The van der Waals surface area contributed by atoms with E-state index in [2.05, 4.69) is 15.2 Å². The Morgan fingerprint density at radius 2 is 1.92 bits per heavy atom. The van der Waals surface area contributed by atoms with Gasteiger partial charge >= 0.3 is 6.18 Å². The van der Waals surface area contributed by atoms with Crippen molar-refractivity contribution in [1.29, 1.82) is 0 Å². The molecule has 1 aromatic carbocycles. The van der Waals surface area contributed by atoms with Gasteiger partial charge in [-0.25, -0.2) is 9.67 Å². The third-order valence-electron chi connectivity index (χ3n) is 3.29. The number of benzene rings is 1. The molecule has 126 valence electrons. The molecule has 3 aromatic rings. The number of hydrogen-bond acceptors (Lipinski definition) is 5. The van der Waals surface area contributed by atoms with Gasteiger partial charge in [0.25, 0.3) is 0 Å². The predicted molar refractivity (Wildman–Crippen MR) is 77.4 cm³/mol. The first kappa shape index (κ1) is 16.2. The van der Waals surface area contributed by atoms with Crippen LogP contribution in [0.15, 0.2) is 41.1 Å². The first-order valence-corrected chi connectivity index (χ1v) is 7.02. The van der Waals surface area contributed by atoms with Crippen molar-refractivity contribution in [1.82, 2.24) is 19.9 Å². The Kier molecular flexibility index (Phi) is 4.34. The van der Waals surface area contributed by atoms with Gasteiger partial charge in [0.05, 0.1) is 17.9 Å². The molecule has 0 saturated carbocycles. The number of hydrogen-bond donors (Lipinski definition) is 0. The Morgan fingerprint density at radius 3 is 2.50 bits per heavy atom. The molecule has 0 saturated heterocycles. The molecule has 24 heavy (non-hydrogen) atoms. The van der Waals surface area contributed by atoms with Gasteiger partial charge in [0.2, 0.25) is 0 Å². The standard InChI is InChI=1S/C15H13F3N4O2/c1-23-8-7-13-19-14(12-6-9-24-21-12)22(20-13)11-4-2-10(3-5-11)15(16,17)18/h2-6,9H,7-8H2,1H3. The minimum atomic E-state index is -4.39. The van der Waals surface area contributed by atoms with E-state index in [4.69, 9.17) is 9.26 Å². The largest absolute Gasteiger partial charge is 0.416 e. The molecule has 0 spiro atoms. The Hall–Kier alpha value is -2.68. The van der Waals surface area contributed by atoms with Gasteiger partial charge in [0, 0.05) is 19.6 Å². The maximum Gasteiger partial charge on any atom is 0.416 e. The van der Waals surface area contributed by atoms with Crippen molar-refractivity contribution in [2.24, 2.45) is 0 Å².